The second-order valence-electron chi connectivity index (χ2n) is 9.89. The molecule has 1 amide bonds. The second kappa shape index (κ2) is 9.83. The van der Waals surface area contributed by atoms with Gasteiger partial charge < -0.3 is 20.1 Å². The van der Waals surface area contributed by atoms with Crippen LogP contribution in [0.3, 0.4) is 0 Å². The number of aryl methyl sites for hydroxylation is 1. The molecule has 0 bridgehead atoms. The first-order valence-corrected chi connectivity index (χ1v) is 14.4. The normalized spacial score (nSPS) is 14.7. The molecule has 3 heterocycles. The highest BCUT2D eigenvalue weighted by atomic mass is 32.2. The van der Waals surface area contributed by atoms with Crippen molar-refractivity contribution in [3.8, 4) is 11.1 Å². The zero-order valence-corrected chi connectivity index (χ0v) is 22.6. The Labute approximate surface area is 227 Å². The number of benzene rings is 3. The smallest absolute Gasteiger partial charge is 0.211 e. The fourth-order valence-electron chi connectivity index (χ4n) is 5.48. The Bertz CT molecular complexity index is 1790. The maximum Gasteiger partial charge on any atom is 0.211 e. The van der Waals surface area contributed by atoms with Gasteiger partial charge in [0.1, 0.15) is 5.65 Å². The van der Waals surface area contributed by atoms with Crippen molar-refractivity contribution in [2.45, 2.75) is 16.7 Å². The quantitative estimate of drug-likeness (QED) is 0.300. The van der Waals surface area contributed by atoms with Crippen molar-refractivity contribution < 1.29 is 13.2 Å². The Balaban J connectivity index is 1.69. The van der Waals surface area contributed by atoms with Crippen molar-refractivity contribution in [1.29, 1.82) is 0 Å². The van der Waals surface area contributed by atoms with Crippen LogP contribution in [-0.2, 0) is 14.6 Å². The van der Waals surface area contributed by atoms with Crippen molar-refractivity contribution in [2.24, 2.45) is 0 Å². The number of hydrogen-bond donors (Lipinski definition) is 2. The van der Waals surface area contributed by atoms with Crippen molar-refractivity contribution in [3.05, 3.63) is 78.5 Å². The number of carbonyl (C=O) groups excluding carboxylic acids is 1. The van der Waals surface area contributed by atoms with Gasteiger partial charge in [-0.05, 0) is 55.9 Å². The molecule has 0 atom stereocenters. The SMILES string of the molecule is Cc1nc2[nH]c3cccc(S(=O)(=O)c4ccccc4)c3c2c(N2CCN(C)CC2)c1-c1ccc(NC=O)cc1. The van der Waals surface area contributed by atoms with Crippen LogP contribution in [-0.4, -0.2) is 62.9 Å². The van der Waals surface area contributed by atoms with E-state index in [0.717, 1.165) is 59.6 Å². The topological polar surface area (TPSA) is 98.4 Å². The molecule has 2 N–H and O–H groups in total. The maximum absolute atomic E-state index is 14.0. The van der Waals surface area contributed by atoms with E-state index >= 15 is 0 Å². The lowest BCUT2D eigenvalue weighted by atomic mass is 9.97. The number of H-pyrrole nitrogens is 1. The highest BCUT2D eigenvalue weighted by Crippen LogP contribution is 2.44. The Morgan fingerprint density at radius 2 is 1.62 bits per heavy atom. The van der Waals surface area contributed by atoms with Crippen molar-refractivity contribution in [2.75, 3.05) is 43.4 Å². The number of aromatic amines is 1. The highest BCUT2D eigenvalue weighted by molar-refractivity contribution is 7.91. The predicted octanol–water partition coefficient (Wildman–Crippen LogP) is 4.84. The summed E-state index contributed by atoms with van der Waals surface area (Å²) in [6.45, 7) is 5.36. The van der Waals surface area contributed by atoms with Gasteiger partial charge in [0.25, 0.3) is 0 Å². The molecule has 1 saturated heterocycles. The van der Waals surface area contributed by atoms with Crippen LogP contribution in [0.4, 0.5) is 11.4 Å². The fraction of sp³-hybridized carbons (Fsp3) is 0.200. The Morgan fingerprint density at radius 3 is 2.31 bits per heavy atom. The Morgan fingerprint density at radius 1 is 0.897 bits per heavy atom. The number of anilines is 2. The number of nitrogens with zero attached hydrogens (tertiary/aromatic N) is 3. The van der Waals surface area contributed by atoms with Crippen molar-refractivity contribution in [1.82, 2.24) is 14.9 Å². The molecule has 0 spiro atoms. The molecule has 3 aromatic carbocycles. The predicted molar refractivity (Wildman–Crippen MR) is 155 cm³/mol. The summed E-state index contributed by atoms with van der Waals surface area (Å²) in [5, 5.41) is 4.15. The molecule has 0 aliphatic carbocycles. The molecule has 2 aromatic heterocycles. The third-order valence-electron chi connectivity index (χ3n) is 7.44. The minimum absolute atomic E-state index is 0.256. The maximum atomic E-state index is 14.0. The first kappa shape index (κ1) is 25.1. The van der Waals surface area contributed by atoms with Crippen molar-refractivity contribution in [3.63, 3.8) is 0 Å². The van der Waals surface area contributed by atoms with Crippen molar-refractivity contribution >= 4 is 49.6 Å². The second-order valence-corrected chi connectivity index (χ2v) is 11.8. The van der Waals surface area contributed by atoms with E-state index in [2.05, 4.69) is 27.1 Å². The molecule has 1 aliphatic heterocycles. The molecular weight excluding hydrogens is 510 g/mol. The summed E-state index contributed by atoms with van der Waals surface area (Å²) in [5.41, 5.74) is 5.81. The van der Waals surface area contributed by atoms with Gasteiger partial charge in [0, 0.05) is 54.0 Å². The number of sulfone groups is 1. The van der Waals surface area contributed by atoms with E-state index < -0.39 is 9.84 Å². The number of nitrogens with one attached hydrogen (secondary N) is 2. The van der Waals surface area contributed by atoms with Gasteiger partial charge in [-0.15, -0.1) is 0 Å². The van der Waals surface area contributed by atoms with Crippen LogP contribution in [0, 0.1) is 6.92 Å². The molecule has 8 nitrogen and oxygen atoms in total. The Hall–Kier alpha value is -4.21. The first-order chi connectivity index (χ1) is 18.9. The van der Waals surface area contributed by atoms with Gasteiger partial charge in [-0.2, -0.15) is 0 Å². The lowest BCUT2D eigenvalue weighted by Crippen LogP contribution is -2.44. The van der Waals surface area contributed by atoms with E-state index in [0.29, 0.717) is 23.1 Å². The number of carbonyl (C=O) groups is 1. The highest BCUT2D eigenvalue weighted by Gasteiger charge is 2.29. The molecule has 6 rings (SSSR count). The molecule has 0 radical (unpaired) electrons. The summed E-state index contributed by atoms with van der Waals surface area (Å²) in [6.07, 6.45) is 0.657. The van der Waals surface area contributed by atoms with Crippen LogP contribution in [0.2, 0.25) is 0 Å². The summed E-state index contributed by atoms with van der Waals surface area (Å²) >= 11 is 0. The number of piperazine rings is 1. The summed E-state index contributed by atoms with van der Waals surface area (Å²) in [6, 6.07) is 21.6. The van der Waals surface area contributed by atoms with Crippen LogP contribution in [0.1, 0.15) is 5.69 Å². The average Bonchev–Trinajstić information content (AvgIpc) is 3.32. The van der Waals surface area contributed by atoms with Gasteiger partial charge in [-0.25, -0.2) is 13.4 Å². The molecule has 39 heavy (non-hydrogen) atoms. The third kappa shape index (κ3) is 4.33. The molecule has 198 valence electrons. The number of pyridine rings is 1. The number of amides is 1. The van der Waals surface area contributed by atoms with E-state index in [9.17, 15) is 13.2 Å². The van der Waals surface area contributed by atoms with Gasteiger partial charge in [-0.3, -0.25) is 4.79 Å². The number of likely N-dealkylation sites (N-methyl/N-ethyl adjacent to an activating group) is 1. The van der Waals surface area contributed by atoms with Crippen LogP contribution in [0.5, 0.6) is 0 Å². The summed E-state index contributed by atoms with van der Waals surface area (Å²) in [4.78, 5) is 24.5. The largest absolute Gasteiger partial charge is 0.368 e. The van der Waals surface area contributed by atoms with E-state index in [-0.39, 0.29) is 9.79 Å². The van der Waals surface area contributed by atoms with E-state index in [1.165, 1.54) is 0 Å². The van der Waals surface area contributed by atoms with Crippen LogP contribution >= 0.6 is 0 Å². The summed E-state index contributed by atoms with van der Waals surface area (Å²) in [5.74, 6) is 0. The minimum Gasteiger partial charge on any atom is -0.368 e. The average molecular weight is 540 g/mol. The van der Waals surface area contributed by atoms with Gasteiger partial charge in [0.2, 0.25) is 16.2 Å². The van der Waals surface area contributed by atoms with Crippen LogP contribution < -0.4 is 10.2 Å². The standard InChI is InChI=1S/C30H29N5O3S/c1-20-26(21-11-13-22(14-12-21)31-19-36)29(35-17-15-34(2)16-18-35)28-27-24(33-30(28)32-20)9-6-10-25(27)39(37,38)23-7-4-3-5-8-23/h3-14,19H,15-18H2,1-2H3,(H,31,36)(H,32,33). The van der Waals surface area contributed by atoms with Gasteiger partial charge in [-0.1, -0.05) is 36.4 Å². The van der Waals surface area contributed by atoms with E-state index in [4.69, 9.17) is 4.98 Å². The molecule has 0 saturated carbocycles. The monoisotopic (exact) mass is 539 g/mol. The van der Waals surface area contributed by atoms with Gasteiger partial charge >= 0.3 is 0 Å². The molecule has 1 aliphatic rings. The summed E-state index contributed by atoms with van der Waals surface area (Å²) in [7, 11) is -1.69. The fourth-order valence-corrected chi connectivity index (χ4v) is 6.99. The van der Waals surface area contributed by atoms with Gasteiger partial charge in [0.05, 0.1) is 20.9 Å². The number of hydrogen-bond acceptors (Lipinski definition) is 6. The molecule has 5 aromatic rings. The van der Waals surface area contributed by atoms with Gasteiger partial charge in [0.15, 0.2) is 0 Å². The molecule has 0 unspecified atom stereocenters. The number of rotatable bonds is 6. The molecule has 9 heteroatoms. The molecule has 1 fully saturated rings. The van der Waals surface area contributed by atoms with Crippen LogP contribution in [0.25, 0.3) is 33.1 Å². The third-order valence-corrected chi connectivity index (χ3v) is 9.25. The minimum atomic E-state index is -3.80. The zero-order chi connectivity index (χ0) is 27.1. The lowest BCUT2D eigenvalue weighted by molar-refractivity contribution is -0.105. The first-order valence-electron chi connectivity index (χ1n) is 12.9. The van der Waals surface area contributed by atoms with E-state index in [1.807, 2.05) is 43.3 Å². The van der Waals surface area contributed by atoms with Crippen LogP contribution in [0.15, 0.2) is 82.6 Å². The summed E-state index contributed by atoms with van der Waals surface area (Å²) < 4.78 is 27.9. The Kier molecular flexibility index (Phi) is 6.32. The zero-order valence-electron chi connectivity index (χ0n) is 21.8. The molecular formula is C30H29N5O3S. The lowest BCUT2D eigenvalue weighted by Gasteiger charge is -2.36. The van der Waals surface area contributed by atoms with E-state index in [1.54, 1.807) is 36.4 Å². The number of fused-ring (bicyclic) bond motifs is 3. The number of aromatic nitrogens is 2.